The monoisotopic (exact) mass is 965 g/mol. The van der Waals surface area contributed by atoms with E-state index in [2.05, 4.69) is 314 Å². The molecule has 0 amide bonds. The molecule has 13 aromatic carbocycles. The van der Waals surface area contributed by atoms with Crippen LogP contribution in [0.1, 0.15) is 22.3 Å². The molecule has 0 fully saturated rings. The van der Waals surface area contributed by atoms with Gasteiger partial charge in [0.05, 0.1) is 22.5 Å². The van der Waals surface area contributed by atoms with Crippen molar-refractivity contribution in [3.05, 3.63) is 332 Å². The Kier molecular flexibility index (Phi) is 11.2. The largest absolute Gasteiger partial charge is 0.309 e. The first-order valence-corrected chi connectivity index (χ1v) is 26.3. The summed E-state index contributed by atoms with van der Waals surface area (Å²) in [7, 11) is 0. The van der Waals surface area contributed by atoms with Crippen LogP contribution in [0.3, 0.4) is 0 Å². The standard InChI is InChI=1S/C75H51N/c1-7-26-52(27-8-1)56-47-49-70(65(50-56)53-28-9-2-10-29-53)76(71-45-25-43-68-74(71)64-41-21-23-42-67(64)75(68,58-34-15-5-16-35-58)59-36-17-6-18-37-59)69-44-24-22-38-60(69)57-46-48-62-61-39-19-20-40-63(61)72(54-30-11-3-12-31-54)73(66(62)51-57)55-32-13-4-14-33-55/h1-51H. The highest BCUT2D eigenvalue weighted by Gasteiger charge is 2.47. The molecule has 0 saturated heterocycles. The van der Waals surface area contributed by atoms with Crippen LogP contribution in [0.5, 0.6) is 0 Å². The van der Waals surface area contributed by atoms with E-state index < -0.39 is 5.41 Å². The zero-order valence-electron chi connectivity index (χ0n) is 41.9. The third-order valence-electron chi connectivity index (χ3n) is 15.7. The van der Waals surface area contributed by atoms with Gasteiger partial charge in [0.15, 0.2) is 0 Å². The van der Waals surface area contributed by atoms with E-state index in [-0.39, 0.29) is 0 Å². The van der Waals surface area contributed by atoms with Gasteiger partial charge in [0.2, 0.25) is 0 Å². The van der Waals surface area contributed by atoms with Crippen molar-refractivity contribution in [2.75, 3.05) is 4.90 Å². The van der Waals surface area contributed by atoms with Gasteiger partial charge < -0.3 is 4.90 Å². The van der Waals surface area contributed by atoms with Crippen LogP contribution in [0.2, 0.25) is 0 Å². The van der Waals surface area contributed by atoms with Crippen LogP contribution in [-0.4, -0.2) is 0 Å². The molecule has 1 nitrogen and oxygen atoms in total. The lowest BCUT2D eigenvalue weighted by molar-refractivity contribution is 0.768. The fraction of sp³-hybridized carbons (Fsp3) is 0.0133. The second kappa shape index (κ2) is 18.9. The lowest BCUT2D eigenvalue weighted by Gasteiger charge is -2.35. The normalized spacial score (nSPS) is 12.3. The third-order valence-corrected chi connectivity index (χ3v) is 15.7. The quantitative estimate of drug-likeness (QED) is 0.123. The first kappa shape index (κ1) is 44.8. The van der Waals surface area contributed by atoms with Crippen LogP contribution < -0.4 is 4.90 Å². The summed E-state index contributed by atoms with van der Waals surface area (Å²) in [5.74, 6) is 0. The number of para-hydroxylation sites is 1. The number of anilines is 3. The van der Waals surface area contributed by atoms with Crippen molar-refractivity contribution in [2.24, 2.45) is 0 Å². The molecule has 0 heterocycles. The van der Waals surface area contributed by atoms with Crippen molar-refractivity contribution in [1.29, 1.82) is 0 Å². The zero-order chi connectivity index (χ0) is 50.4. The van der Waals surface area contributed by atoms with E-state index in [1.165, 1.54) is 82.7 Å². The number of nitrogens with zero attached hydrogens (tertiary/aromatic N) is 1. The van der Waals surface area contributed by atoms with Gasteiger partial charge in [0.25, 0.3) is 0 Å². The topological polar surface area (TPSA) is 3.24 Å². The molecule has 76 heavy (non-hydrogen) atoms. The maximum absolute atomic E-state index is 2.58. The molecule has 0 bridgehead atoms. The maximum Gasteiger partial charge on any atom is 0.0714 e. The Morgan fingerprint density at radius 2 is 0.658 bits per heavy atom. The van der Waals surface area contributed by atoms with Crippen molar-refractivity contribution in [3.8, 4) is 66.8 Å². The molecule has 0 radical (unpaired) electrons. The minimum atomic E-state index is -0.583. The molecule has 0 aliphatic heterocycles. The minimum absolute atomic E-state index is 0.583. The van der Waals surface area contributed by atoms with Crippen LogP contribution in [0.25, 0.3) is 88.3 Å². The van der Waals surface area contributed by atoms with Crippen LogP contribution in [0.15, 0.2) is 309 Å². The Morgan fingerprint density at radius 3 is 1.30 bits per heavy atom. The average molecular weight is 966 g/mol. The Bertz CT molecular complexity index is 4210. The van der Waals surface area contributed by atoms with Crippen LogP contribution >= 0.6 is 0 Å². The van der Waals surface area contributed by atoms with E-state index in [0.29, 0.717) is 0 Å². The molecule has 356 valence electrons. The molecule has 1 heteroatoms. The summed E-state index contributed by atoms with van der Waals surface area (Å²) in [6, 6.07) is 114. The molecule has 13 aromatic rings. The van der Waals surface area contributed by atoms with Gasteiger partial charge in [0, 0.05) is 16.7 Å². The van der Waals surface area contributed by atoms with Gasteiger partial charge in [-0.3, -0.25) is 0 Å². The average Bonchev–Trinajstić information content (AvgIpc) is 4.06. The second-order valence-corrected chi connectivity index (χ2v) is 19.8. The fourth-order valence-corrected chi connectivity index (χ4v) is 12.5. The number of fused-ring (bicyclic) bond motifs is 6. The molecule has 1 aliphatic rings. The predicted molar refractivity (Wildman–Crippen MR) is 321 cm³/mol. The lowest BCUT2D eigenvalue weighted by atomic mass is 9.68. The zero-order valence-corrected chi connectivity index (χ0v) is 41.9. The maximum atomic E-state index is 2.58. The van der Waals surface area contributed by atoms with Crippen molar-refractivity contribution in [1.82, 2.24) is 0 Å². The second-order valence-electron chi connectivity index (χ2n) is 19.8. The first-order chi connectivity index (χ1) is 37.8. The van der Waals surface area contributed by atoms with E-state index in [9.17, 15) is 0 Å². The fourth-order valence-electron chi connectivity index (χ4n) is 12.5. The van der Waals surface area contributed by atoms with E-state index in [1.807, 2.05) is 0 Å². The summed E-state index contributed by atoms with van der Waals surface area (Å²) in [6.45, 7) is 0. The number of benzene rings is 13. The van der Waals surface area contributed by atoms with Gasteiger partial charge in [-0.2, -0.15) is 0 Å². The summed E-state index contributed by atoms with van der Waals surface area (Å²) in [5, 5.41) is 4.92. The first-order valence-electron chi connectivity index (χ1n) is 26.3. The number of hydrogen-bond acceptors (Lipinski definition) is 1. The van der Waals surface area contributed by atoms with E-state index in [0.717, 1.165) is 44.9 Å². The highest BCUT2D eigenvalue weighted by Crippen LogP contribution is 2.60. The number of rotatable bonds is 10. The van der Waals surface area contributed by atoms with Gasteiger partial charge in [-0.25, -0.2) is 0 Å². The molecule has 0 N–H and O–H groups in total. The summed E-state index contributed by atoms with van der Waals surface area (Å²) < 4.78 is 0. The third kappa shape index (κ3) is 7.31. The van der Waals surface area contributed by atoms with Crippen molar-refractivity contribution in [3.63, 3.8) is 0 Å². The highest BCUT2D eigenvalue weighted by molar-refractivity contribution is 6.22. The van der Waals surface area contributed by atoms with Crippen molar-refractivity contribution >= 4 is 38.6 Å². The molecule has 0 spiro atoms. The minimum Gasteiger partial charge on any atom is -0.309 e. The molecule has 14 rings (SSSR count). The van der Waals surface area contributed by atoms with Crippen LogP contribution in [-0.2, 0) is 5.41 Å². The lowest BCUT2D eigenvalue weighted by Crippen LogP contribution is -2.28. The van der Waals surface area contributed by atoms with Gasteiger partial charge in [-0.05, 0) is 124 Å². The predicted octanol–water partition coefficient (Wildman–Crippen LogP) is 20.2. The Morgan fingerprint density at radius 1 is 0.211 bits per heavy atom. The summed E-state index contributed by atoms with van der Waals surface area (Å²) in [6.07, 6.45) is 0. The van der Waals surface area contributed by atoms with Crippen LogP contribution in [0.4, 0.5) is 17.1 Å². The summed E-state index contributed by atoms with van der Waals surface area (Å²) >= 11 is 0. The summed E-state index contributed by atoms with van der Waals surface area (Å²) in [4.78, 5) is 2.58. The molecule has 1 aliphatic carbocycles. The van der Waals surface area contributed by atoms with E-state index >= 15 is 0 Å². The Balaban J connectivity index is 1.09. The number of hydrogen-bond donors (Lipinski definition) is 0. The molecule has 0 atom stereocenters. The molecule has 0 aromatic heterocycles. The molecular formula is C75H51N. The van der Waals surface area contributed by atoms with Gasteiger partial charge >= 0.3 is 0 Å². The molecular weight excluding hydrogens is 915 g/mol. The van der Waals surface area contributed by atoms with Gasteiger partial charge in [-0.15, -0.1) is 0 Å². The molecule has 0 unspecified atom stereocenters. The highest BCUT2D eigenvalue weighted by atomic mass is 15.2. The Labute approximate surface area is 444 Å². The van der Waals surface area contributed by atoms with Gasteiger partial charge in [0.1, 0.15) is 0 Å². The van der Waals surface area contributed by atoms with Gasteiger partial charge in [-0.1, -0.05) is 279 Å². The Hall–Kier alpha value is -9.82. The summed E-state index contributed by atoms with van der Waals surface area (Å²) in [5.41, 5.74) is 21.9. The van der Waals surface area contributed by atoms with E-state index in [1.54, 1.807) is 0 Å². The van der Waals surface area contributed by atoms with Crippen molar-refractivity contribution < 1.29 is 0 Å². The van der Waals surface area contributed by atoms with Crippen molar-refractivity contribution in [2.45, 2.75) is 5.41 Å². The SMILES string of the molecule is c1ccc(-c2ccc(N(c3ccccc3-c3ccc4c(c3)c(-c3ccccc3)c(-c3ccccc3)c3ccccc34)c3cccc4c3-c3ccccc3C4(c3ccccc3)c3ccccc3)c(-c3ccccc3)c2)cc1. The molecule has 0 saturated carbocycles. The van der Waals surface area contributed by atoms with E-state index in [4.69, 9.17) is 0 Å². The smallest absolute Gasteiger partial charge is 0.0714 e. The van der Waals surface area contributed by atoms with Crippen LogP contribution in [0, 0.1) is 0 Å².